The first kappa shape index (κ1) is 9.78. The normalized spacial score (nSPS) is 9.36. The highest BCUT2D eigenvalue weighted by atomic mass is 15.1. The van der Waals surface area contributed by atoms with E-state index in [9.17, 15) is 0 Å². The molecule has 0 amide bonds. The molecule has 0 bridgehead atoms. The van der Waals surface area contributed by atoms with Gasteiger partial charge in [0.2, 0.25) is 0 Å². The maximum absolute atomic E-state index is 8.57. The molecule has 0 spiro atoms. The van der Waals surface area contributed by atoms with E-state index in [2.05, 4.69) is 15.0 Å². The van der Waals surface area contributed by atoms with E-state index in [0.29, 0.717) is 12.2 Å². The summed E-state index contributed by atoms with van der Waals surface area (Å²) in [6, 6.07) is 5.37. The quantitative estimate of drug-likeness (QED) is 0.411. The molecule has 0 aliphatic rings. The molecule has 0 aliphatic heterocycles. The molecule has 0 unspecified atom stereocenters. The fraction of sp³-hybridized carbons (Fsp3) is 0.111. The predicted molar refractivity (Wildman–Crippen MR) is 52.0 cm³/mol. The number of pyridine rings is 1. The molecule has 5 heteroatoms. The number of rotatable bonds is 3. The molecule has 0 radical (unpaired) electrons. The third-order valence-corrected chi connectivity index (χ3v) is 1.46. The van der Waals surface area contributed by atoms with Crippen LogP contribution >= 0.6 is 0 Å². The van der Waals surface area contributed by atoms with Crippen molar-refractivity contribution in [2.45, 2.75) is 0 Å². The summed E-state index contributed by atoms with van der Waals surface area (Å²) in [6.07, 6.45) is 5.05. The van der Waals surface area contributed by atoms with Crippen LogP contribution in [0.4, 0.5) is 0 Å². The molecule has 0 aliphatic carbocycles. The lowest BCUT2D eigenvalue weighted by molar-refractivity contribution is 1.22. The van der Waals surface area contributed by atoms with Crippen LogP contribution in [0.2, 0.25) is 0 Å². The van der Waals surface area contributed by atoms with E-state index < -0.39 is 0 Å². The Bertz CT molecular complexity index is 423. The molecule has 1 aromatic heterocycles. The van der Waals surface area contributed by atoms with Crippen LogP contribution in [0, 0.1) is 11.3 Å². The molecule has 5 nitrogen and oxygen atoms in total. The highest BCUT2D eigenvalue weighted by molar-refractivity contribution is 5.50. The first-order chi connectivity index (χ1) is 6.86. The van der Waals surface area contributed by atoms with Crippen molar-refractivity contribution in [2.24, 2.45) is 5.11 Å². The summed E-state index contributed by atoms with van der Waals surface area (Å²) >= 11 is 0. The third-order valence-electron chi connectivity index (χ3n) is 1.46. The molecular weight excluding hydrogens is 178 g/mol. The van der Waals surface area contributed by atoms with E-state index in [1.165, 1.54) is 0 Å². The van der Waals surface area contributed by atoms with Gasteiger partial charge in [-0.25, -0.2) is 4.98 Å². The summed E-state index contributed by atoms with van der Waals surface area (Å²) in [7, 11) is 0. The van der Waals surface area contributed by atoms with Crippen LogP contribution in [-0.2, 0) is 0 Å². The van der Waals surface area contributed by atoms with Gasteiger partial charge in [-0.05, 0) is 23.2 Å². The van der Waals surface area contributed by atoms with Crippen LogP contribution in [0.15, 0.2) is 29.5 Å². The van der Waals surface area contributed by atoms with Gasteiger partial charge in [0.1, 0.15) is 11.8 Å². The molecule has 1 aromatic rings. The zero-order valence-electron chi connectivity index (χ0n) is 7.33. The first-order valence-corrected chi connectivity index (χ1v) is 3.90. The Balaban J connectivity index is 2.72. The molecule has 0 fully saturated rings. The topological polar surface area (TPSA) is 85.4 Å². The maximum Gasteiger partial charge on any atom is 0.141 e. The largest absolute Gasteiger partial charge is 0.246 e. The smallest absolute Gasteiger partial charge is 0.141 e. The highest BCUT2D eigenvalue weighted by Crippen LogP contribution is 2.02. The van der Waals surface area contributed by atoms with Gasteiger partial charge in [-0.2, -0.15) is 5.26 Å². The van der Waals surface area contributed by atoms with Crippen molar-refractivity contribution < 1.29 is 0 Å². The lowest BCUT2D eigenvalue weighted by atomic mass is 10.2. The molecule has 0 saturated heterocycles. The van der Waals surface area contributed by atoms with Gasteiger partial charge >= 0.3 is 0 Å². The van der Waals surface area contributed by atoms with Crippen molar-refractivity contribution >= 4 is 6.08 Å². The minimum atomic E-state index is 0.306. The Hall–Kier alpha value is -2.31. The standard InChI is InChI=1S/C9H7N5/c10-7-9-6-8(3-5-12-9)2-1-4-13-14-11/h1-3,5-6H,4H2. The van der Waals surface area contributed by atoms with Crippen molar-refractivity contribution in [1.82, 2.24) is 4.98 Å². The van der Waals surface area contributed by atoms with Gasteiger partial charge in [-0.15, -0.1) is 0 Å². The van der Waals surface area contributed by atoms with Gasteiger partial charge < -0.3 is 0 Å². The second kappa shape index (κ2) is 5.36. The Labute approximate surface area is 80.9 Å². The van der Waals surface area contributed by atoms with E-state index in [0.717, 1.165) is 5.56 Å². The summed E-state index contributed by atoms with van der Waals surface area (Å²) in [5.74, 6) is 0. The summed E-state index contributed by atoms with van der Waals surface area (Å²) in [6.45, 7) is 0.306. The average molecular weight is 185 g/mol. The lowest BCUT2D eigenvalue weighted by Crippen LogP contribution is -1.82. The van der Waals surface area contributed by atoms with Crippen molar-refractivity contribution in [1.29, 1.82) is 5.26 Å². The molecule has 14 heavy (non-hydrogen) atoms. The summed E-state index contributed by atoms with van der Waals surface area (Å²) < 4.78 is 0. The molecule has 0 aromatic carbocycles. The van der Waals surface area contributed by atoms with Crippen molar-refractivity contribution in [3.8, 4) is 6.07 Å². The molecule has 68 valence electrons. The van der Waals surface area contributed by atoms with Gasteiger partial charge in [-0.3, -0.25) is 0 Å². The Morgan fingerprint density at radius 1 is 1.71 bits per heavy atom. The van der Waals surface area contributed by atoms with Gasteiger partial charge in [0, 0.05) is 17.7 Å². The first-order valence-electron chi connectivity index (χ1n) is 3.90. The second-order valence-electron chi connectivity index (χ2n) is 2.40. The fourth-order valence-corrected chi connectivity index (χ4v) is 0.884. The zero-order valence-corrected chi connectivity index (χ0v) is 7.33. The molecule has 0 N–H and O–H groups in total. The second-order valence-corrected chi connectivity index (χ2v) is 2.40. The zero-order chi connectivity index (χ0) is 10.2. The molecule has 0 saturated carbocycles. The summed E-state index contributed by atoms with van der Waals surface area (Å²) in [5, 5.41) is 11.9. The molecule has 0 atom stereocenters. The third kappa shape index (κ3) is 2.97. The highest BCUT2D eigenvalue weighted by Gasteiger charge is 1.90. The number of nitrogens with zero attached hydrogens (tertiary/aromatic N) is 5. The van der Waals surface area contributed by atoms with Crippen molar-refractivity contribution in [3.63, 3.8) is 0 Å². The van der Waals surface area contributed by atoms with Crippen molar-refractivity contribution in [3.05, 3.63) is 46.1 Å². The van der Waals surface area contributed by atoms with E-state index in [1.54, 1.807) is 30.5 Å². The van der Waals surface area contributed by atoms with Gasteiger partial charge in [0.15, 0.2) is 0 Å². The Morgan fingerprint density at radius 2 is 2.57 bits per heavy atom. The fourth-order valence-electron chi connectivity index (χ4n) is 0.884. The number of hydrogen-bond acceptors (Lipinski definition) is 3. The Morgan fingerprint density at radius 3 is 3.29 bits per heavy atom. The predicted octanol–water partition coefficient (Wildman–Crippen LogP) is 2.28. The molecule has 1 heterocycles. The van der Waals surface area contributed by atoms with Crippen LogP contribution in [0.25, 0.3) is 16.5 Å². The average Bonchev–Trinajstić information content (AvgIpc) is 2.25. The van der Waals surface area contributed by atoms with E-state index >= 15 is 0 Å². The number of nitriles is 1. The van der Waals surface area contributed by atoms with Gasteiger partial charge in [-0.1, -0.05) is 17.3 Å². The van der Waals surface area contributed by atoms with E-state index in [4.69, 9.17) is 10.8 Å². The van der Waals surface area contributed by atoms with Crippen molar-refractivity contribution in [2.75, 3.05) is 6.54 Å². The number of aromatic nitrogens is 1. The minimum Gasteiger partial charge on any atom is -0.246 e. The number of azide groups is 1. The van der Waals surface area contributed by atoms with Crippen LogP contribution in [0.1, 0.15) is 11.3 Å². The Kier molecular flexibility index (Phi) is 3.74. The van der Waals surface area contributed by atoms with Crippen LogP contribution in [0.3, 0.4) is 0 Å². The van der Waals surface area contributed by atoms with E-state index in [1.807, 2.05) is 6.07 Å². The van der Waals surface area contributed by atoms with Gasteiger partial charge in [0.25, 0.3) is 0 Å². The van der Waals surface area contributed by atoms with Crippen LogP contribution in [-0.4, -0.2) is 11.5 Å². The molecular formula is C9H7N5. The van der Waals surface area contributed by atoms with Gasteiger partial charge in [0.05, 0.1) is 0 Å². The number of hydrogen-bond donors (Lipinski definition) is 0. The molecule has 1 rings (SSSR count). The minimum absolute atomic E-state index is 0.306. The summed E-state index contributed by atoms with van der Waals surface area (Å²) in [4.78, 5) is 6.43. The summed E-state index contributed by atoms with van der Waals surface area (Å²) in [5.41, 5.74) is 9.25. The van der Waals surface area contributed by atoms with E-state index in [-0.39, 0.29) is 0 Å². The van der Waals surface area contributed by atoms with Crippen LogP contribution in [0.5, 0.6) is 0 Å². The van der Waals surface area contributed by atoms with Crippen LogP contribution < -0.4 is 0 Å². The lowest BCUT2D eigenvalue weighted by Gasteiger charge is -1.91. The maximum atomic E-state index is 8.57. The SMILES string of the molecule is N#Cc1cc(C=CCN=[N+]=[N-])ccn1. The monoisotopic (exact) mass is 185 g/mol.